The van der Waals surface area contributed by atoms with Crippen LogP contribution in [0, 0.1) is 11.3 Å². The Bertz CT molecular complexity index is 609. The van der Waals surface area contributed by atoms with Crippen molar-refractivity contribution in [2.24, 2.45) is 5.73 Å². The fraction of sp³-hybridized carbons (Fsp3) is 0.100. The molecule has 0 aromatic carbocycles. The number of pyridine rings is 1. The van der Waals surface area contributed by atoms with Crippen LogP contribution in [0.15, 0.2) is 18.3 Å². The van der Waals surface area contributed by atoms with Crippen LogP contribution in [0.25, 0.3) is 5.52 Å². The van der Waals surface area contributed by atoms with E-state index in [1.807, 2.05) is 6.07 Å². The van der Waals surface area contributed by atoms with E-state index < -0.39 is 5.97 Å². The maximum atomic E-state index is 10.8. The lowest BCUT2D eigenvalue weighted by atomic mass is 10.2. The minimum absolute atomic E-state index is 0.118. The number of hydrogen-bond acceptors (Lipinski definition) is 4. The normalized spacial score (nSPS) is 10.2. The van der Waals surface area contributed by atoms with Gasteiger partial charge >= 0.3 is 5.97 Å². The number of rotatable bonds is 2. The third-order valence-corrected chi connectivity index (χ3v) is 2.25. The van der Waals surface area contributed by atoms with E-state index in [2.05, 4.69) is 4.98 Å². The first-order valence-electron chi connectivity index (χ1n) is 4.52. The molecule has 0 fully saturated rings. The summed E-state index contributed by atoms with van der Waals surface area (Å²) in [5.74, 6) is -0.509. The minimum Gasteiger partial charge on any atom is -0.478 e. The van der Waals surface area contributed by atoms with Gasteiger partial charge in [0.1, 0.15) is 11.9 Å². The highest BCUT2D eigenvalue weighted by Crippen LogP contribution is 2.14. The summed E-state index contributed by atoms with van der Waals surface area (Å²) in [6.45, 7) is 0.190. The van der Waals surface area contributed by atoms with Crippen molar-refractivity contribution >= 4 is 11.5 Å². The molecule has 0 aliphatic heterocycles. The van der Waals surface area contributed by atoms with Crippen molar-refractivity contribution in [3.63, 3.8) is 0 Å². The first-order chi connectivity index (χ1) is 7.67. The number of carboxylic acid groups (broad SMARTS) is 1. The van der Waals surface area contributed by atoms with Gasteiger partial charge in [0.25, 0.3) is 0 Å². The summed E-state index contributed by atoms with van der Waals surface area (Å²) in [5.41, 5.74) is 6.24. The van der Waals surface area contributed by atoms with Gasteiger partial charge in [-0.3, -0.25) is 0 Å². The van der Waals surface area contributed by atoms with Gasteiger partial charge in [0.15, 0.2) is 5.69 Å². The molecular weight excluding hydrogens is 208 g/mol. The Labute approximate surface area is 90.6 Å². The summed E-state index contributed by atoms with van der Waals surface area (Å²) >= 11 is 0. The number of imidazole rings is 1. The molecule has 6 heteroatoms. The molecule has 2 heterocycles. The predicted molar refractivity (Wildman–Crippen MR) is 54.8 cm³/mol. The number of carbonyl (C=O) groups is 1. The van der Waals surface area contributed by atoms with Crippen LogP contribution in [-0.4, -0.2) is 20.5 Å². The minimum atomic E-state index is -1.04. The number of aromatic carboxylic acids is 1. The summed E-state index contributed by atoms with van der Waals surface area (Å²) in [6.07, 6.45) is 1.55. The number of aromatic nitrogens is 2. The van der Waals surface area contributed by atoms with Crippen LogP contribution in [-0.2, 0) is 6.54 Å². The predicted octanol–water partition coefficient (Wildman–Crippen LogP) is 0.363. The first-order valence-corrected chi connectivity index (χ1v) is 4.52. The molecule has 0 bridgehead atoms. The number of nitriles is 1. The van der Waals surface area contributed by atoms with E-state index in [1.54, 1.807) is 10.6 Å². The highest BCUT2D eigenvalue weighted by atomic mass is 16.4. The van der Waals surface area contributed by atoms with E-state index in [4.69, 9.17) is 16.1 Å². The van der Waals surface area contributed by atoms with Gasteiger partial charge in [-0.15, -0.1) is 0 Å². The quantitative estimate of drug-likeness (QED) is 0.754. The molecular formula is C10H8N4O2. The molecule has 0 aliphatic carbocycles. The molecule has 6 nitrogen and oxygen atoms in total. The van der Waals surface area contributed by atoms with Crippen molar-refractivity contribution in [2.75, 3.05) is 0 Å². The molecule has 0 unspecified atom stereocenters. The van der Waals surface area contributed by atoms with Gasteiger partial charge in [-0.1, -0.05) is 0 Å². The zero-order valence-corrected chi connectivity index (χ0v) is 8.21. The van der Waals surface area contributed by atoms with E-state index in [9.17, 15) is 4.79 Å². The Hall–Kier alpha value is -2.39. The number of nitrogens with two attached hydrogens (primary N) is 1. The second-order valence-corrected chi connectivity index (χ2v) is 3.17. The summed E-state index contributed by atoms with van der Waals surface area (Å²) in [7, 11) is 0. The highest BCUT2D eigenvalue weighted by molar-refractivity contribution is 5.89. The van der Waals surface area contributed by atoms with Crippen molar-refractivity contribution in [3.05, 3.63) is 35.4 Å². The fourth-order valence-corrected chi connectivity index (χ4v) is 1.51. The lowest BCUT2D eigenvalue weighted by Crippen LogP contribution is -2.03. The van der Waals surface area contributed by atoms with E-state index >= 15 is 0 Å². The third kappa shape index (κ3) is 1.39. The van der Waals surface area contributed by atoms with Gasteiger partial charge in [-0.25, -0.2) is 9.78 Å². The number of carboxylic acids is 1. The van der Waals surface area contributed by atoms with Crippen molar-refractivity contribution in [1.29, 1.82) is 5.26 Å². The Kier molecular flexibility index (Phi) is 2.31. The van der Waals surface area contributed by atoms with Crippen molar-refractivity contribution in [1.82, 2.24) is 9.38 Å². The zero-order chi connectivity index (χ0) is 11.7. The van der Waals surface area contributed by atoms with Crippen LogP contribution < -0.4 is 5.73 Å². The molecule has 0 radical (unpaired) electrons. The topological polar surface area (TPSA) is 104 Å². The Morgan fingerprint density at radius 1 is 1.69 bits per heavy atom. The van der Waals surface area contributed by atoms with Gasteiger partial charge in [0, 0.05) is 6.20 Å². The smallest absolute Gasteiger partial charge is 0.335 e. The van der Waals surface area contributed by atoms with Gasteiger partial charge in [0.05, 0.1) is 17.6 Å². The van der Waals surface area contributed by atoms with E-state index in [0.29, 0.717) is 11.3 Å². The fourth-order valence-electron chi connectivity index (χ4n) is 1.51. The van der Waals surface area contributed by atoms with Gasteiger partial charge in [0.2, 0.25) is 0 Å². The Morgan fingerprint density at radius 2 is 2.44 bits per heavy atom. The highest BCUT2D eigenvalue weighted by Gasteiger charge is 2.12. The molecule has 0 saturated heterocycles. The summed E-state index contributed by atoms with van der Waals surface area (Å²) in [6, 6.07) is 4.76. The molecule has 3 N–H and O–H groups in total. The van der Waals surface area contributed by atoms with Crippen LogP contribution in [0.5, 0.6) is 0 Å². The van der Waals surface area contributed by atoms with Crippen molar-refractivity contribution < 1.29 is 9.90 Å². The van der Waals surface area contributed by atoms with Gasteiger partial charge in [-0.05, 0) is 12.1 Å². The molecule has 0 spiro atoms. The Balaban J connectivity index is 2.77. The SMILES string of the molecule is N#Cc1nc(CN)n2ccc(C(=O)O)cc12. The van der Waals surface area contributed by atoms with E-state index in [-0.39, 0.29) is 17.8 Å². The summed E-state index contributed by atoms with van der Waals surface area (Å²) < 4.78 is 1.62. The maximum Gasteiger partial charge on any atom is 0.335 e. The average Bonchev–Trinajstić information content (AvgIpc) is 2.65. The van der Waals surface area contributed by atoms with Crippen LogP contribution >= 0.6 is 0 Å². The second-order valence-electron chi connectivity index (χ2n) is 3.17. The molecule has 0 aliphatic rings. The maximum absolute atomic E-state index is 10.8. The molecule has 80 valence electrons. The summed E-state index contributed by atoms with van der Waals surface area (Å²) in [4.78, 5) is 14.8. The van der Waals surface area contributed by atoms with Gasteiger partial charge < -0.3 is 15.2 Å². The van der Waals surface area contributed by atoms with Crippen LogP contribution in [0.1, 0.15) is 21.9 Å². The molecule has 16 heavy (non-hydrogen) atoms. The lowest BCUT2D eigenvalue weighted by Gasteiger charge is -1.99. The number of hydrogen-bond donors (Lipinski definition) is 2. The van der Waals surface area contributed by atoms with Crippen LogP contribution in [0.4, 0.5) is 0 Å². The molecule has 0 atom stereocenters. The average molecular weight is 216 g/mol. The molecule has 2 aromatic rings. The van der Waals surface area contributed by atoms with E-state index in [1.165, 1.54) is 12.1 Å². The number of fused-ring (bicyclic) bond motifs is 1. The van der Waals surface area contributed by atoms with E-state index in [0.717, 1.165) is 0 Å². The number of nitrogens with zero attached hydrogens (tertiary/aromatic N) is 3. The zero-order valence-electron chi connectivity index (χ0n) is 8.21. The standard InChI is InChI=1S/C10H8N4O2/c11-4-7-8-3-6(10(15)16)1-2-14(8)9(5-12)13-7/h1-3H,5,12H2,(H,15,16). The monoisotopic (exact) mass is 216 g/mol. The lowest BCUT2D eigenvalue weighted by molar-refractivity contribution is 0.0697. The third-order valence-electron chi connectivity index (χ3n) is 2.25. The first kappa shape index (κ1) is 10.1. The largest absolute Gasteiger partial charge is 0.478 e. The molecule has 2 aromatic heterocycles. The van der Waals surface area contributed by atoms with Gasteiger partial charge in [-0.2, -0.15) is 5.26 Å². The van der Waals surface area contributed by atoms with Crippen molar-refractivity contribution in [2.45, 2.75) is 6.54 Å². The summed E-state index contributed by atoms with van der Waals surface area (Å²) in [5, 5.41) is 17.7. The van der Waals surface area contributed by atoms with Crippen LogP contribution in [0.2, 0.25) is 0 Å². The molecule has 2 rings (SSSR count). The molecule has 0 saturated carbocycles. The second kappa shape index (κ2) is 3.64. The Morgan fingerprint density at radius 3 is 3.00 bits per heavy atom. The van der Waals surface area contributed by atoms with Crippen LogP contribution in [0.3, 0.4) is 0 Å². The molecule has 0 amide bonds. The van der Waals surface area contributed by atoms with Crippen molar-refractivity contribution in [3.8, 4) is 6.07 Å².